The van der Waals surface area contributed by atoms with Crippen LogP contribution in [-0.4, -0.2) is 47.7 Å². The van der Waals surface area contributed by atoms with Gasteiger partial charge in [0, 0.05) is 0 Å². The minimum atomic E-state index is 0.754. The molecule has 0 heterocycles. The molecule has 0 bridgehead atoms. The number of hydrogen-bond donors (Lipinski definition) is 0. The second-order valence-corrected chi connectivity index (χ2v) is 14.0. The van der Waals surface area contributed by atoms with Crippen molar-refractivity contribution in [1.82, 2.24) is 0 Å². The Balaban J connectivity index is 3.44. The summed E-state index contributed by atoms with van der Waals surface area (Å²) in [5.74, 6) is 0. The predicted molar refractivity (Wildman–Crippen MR) is 52.5 cm³/mol. The Bertz CT molecular complexity index is 95.4. The molecular weight excluding hydrogens is 321 g/mol. The third kappa shape index (κ3) is 7.53. The van der Waals surface area contributed by atoms with Gasteiger partial charge in [0.2, 0.25) is 0 Å². The average molecular weight is 335 g/mol. The Hall–Kier alpha value is 1.43. The molecule has 0 spiro atoms. The average Bonchev–Trinajstić information content (AvgIpc) is 1.58. The van der Waals surface area contributed by atoms with Gasteiger partial charge in [0.1, 0.15) is 0 Å². The molecule has 0 aliphatic rings. The standard InChI is InChI=1S/C7H14Se3/c1-5(2)9-7(8)10-6(3)4/h5-6H,1-4H3. The van der Waals surface area contributed by atoms with Crippen LogP contribution in [0.3, 0.4) is 0 Å². The summed E-state index contributed by atoms with van der Waals surface area (Å²) in [4.78, 5) is 1.76. The zero-order valence-corrected chi connectivity index (χ0v) is 12.0. The Morgan fingerprint density at radius 3 is 1.50 bits per heavy atom. The van der Waals surface area contributed by atoms with E-state index in [-0.39, 0.29) is 0 Å². The summed E-state index contributed by atoms with van der Waals surface area (Å²) in [6.45, 7) is 9.20. The summed E-state index contributed by atoms with van der Waals surface area (Å²) in [6.07, 6.45) is 0. The summed E-state index contributed by atoms with van der Waals surface area (Å²) in [5.41, 5.74) is 0. The van der Waals surface area contributed by atoms with Crippen LogP contribution in [0, 0.1) is 0 Å². The van der Waals surface area contributed by atoms with Crippen molar-refractivity contribution >= 4 is 47.7 Å². The van der Waals surface area contributed by atoms with Crippen molar-refractivity contribution in [2.75, 3.05) is 0 Å². The van der Waals surface area contributed by atoms with E-state index in [1.54, 1.807) is 2.21 Å². The Labute approximate surface area is 84.6 Å². The van der Waals surface area contributed by atoms with Crippen molar-refractivity contribution < 1.29 is 0 Å². The molecule has 0 aliphatic heterocycles. The molecule has 60 valence electrons. The maximum absolute atomic E-state index is 3.21. The van der Waals surface area contributed by atoms with Gasteiger partial charge in [0.05, 0.1) is 0 Å². The topological polar surface area (TPSA) is 0 Å². The Morgan fingerprint density at radius 1 is 1.00 bits per heavy atom. The molecule has 0 nitrogen and oxygen atoms in total. The van der Waals surface area contributed by atoms with Gasteiger partial charge in [-0.15, -0.1) is 0 Å². The quantitative estimate of drug-likeness (QED) is 0.680. The molecule has 0 rings (SSSR count). The van der Waals surface area contributed by atoms with E-state index in [1.807, 2.05) is 0 Å². The number of rotatable bonds is 4. The van der Waals surface area contributed by atoms with Crippen LogP contribution in [-0.2, 0) is 0 Å². The fourth-order valence-corrected chi connectivity index (χ4v) is 11.1. The zero-order valence-electron chi connectivity index (χ0n) is 6.88. The molecule has 0 unspecified atom stereocenters. The molecule has 0 saturated heterocycles. The molecule has 3 heteroatoms. The maximum atomic E-state index is 3.21. The van der Waals surface area contributed by atoms with Crippen LogP contribution in [0.15, 0.2) is 0 Å². The monoisotopic (exact) mass is 338 g/mol. The fraction of sp³-hybridized carbons (Fsp3) is 0.857. The van der Waals surface area contributed by atoms with E-state index in [1.165, 1.54) is 0 Å². The van der Waals surface area contributed by atoms with Crippen LogP contribution < -0.4 is 0 Å². The second-order valence-electron chi connectivity index (χ2n) is 2.58. The van der Waals surface area contributed by atoms with Crippen LogP contribution in [0.4, 0.5) is 0 Å². The van der Waals surface area contributed by atoms with Gasteiger partial charge in [-0.25, -0.2) is 0 Å². The third-order valence-electron chi connectivity index (χ3n) is 0.664. The Morgan fingerprint density at radius 2 is 1.30 bits per heavy atom. The first kappa shape index (κ1) is 11.4. The Kier molecular flexibility index (Phi) is 6.86. The van der Waals surface area contributed by atoms with Crippen molar-refractivity contribution in [3.05, 3.63) is 0 Å². The van der Waals surface area contributed by atoms with Crippen molar-refractivity contribution in [1.29, 1.82) is 0 Å². The van der Waals surface area contributed by atoms with Gasteiger partial charge in [0.15, 0.2) is 0 Å². The second kappa shape index (κ2) is 6.00. The van der Waals surface area contributed by atoms with E-state index >= 15 is 0 Å². The summed E-state index contributed by atoms with van der Waals surface area (Å²) in [7, 11) is 0. The van der Waals surface area contributed by atoms with E-state index < -0.39 is 0 Å². The predicted octanol–water partition coefficient (Wildman–Crippen LogP) is 1.31. The molecule has 0 N–H and O–H groups in total. The van der Waals surface area contributed by atoms with Gasteiger partial charge in [-0.3, -0.25) is 0 Å². The third-order valence-corrected chi connectivity index (χ3v) is 7.65. The van der Waals surface area contributed by atoms with Gasteiger partial charge in [-0.2, -0.15) is 0 Å². The van der Waals surface area contributed by atoms with Crippen LogP contribution in [0.25, 0.3) is 0 Å². The van der Waals surface area contributed by atoms with E-state index in [4.69, 9.17) is 0 Å². The van der Waals surface area contributed by atoms with E-state index in [9.17, 15) is 0 Å². The van der Waals surface area contributed by atoms with Gasteiger partial charge < -0.3 is 0 Å². The van der Waals surface area contributed by atoms with Crippen LogP contribution in [0.2, 0.25) is 9.63 Å². The molecule has 0 aromatic carbocycles. The zero-order chi connectivity index (χ0) is 8.15. The van der Waals surface area contributed by atoms with Crippen molar-refractivity contribution in [3.8, 4) is 0 Å². The molecule has 0 aromatic rings. The molecular formula is C7H14Se3. The first-order valence-electron chi connectivity index (χ1n) is 3.39. The van der Waals surface area contributed by atoms with Crippen molar-refractivity contribution in [2.24, 2.45) is 0 Å². The normalized spacial score (nSPS) is 11.0. The van der Waals surface area contributed by atoms with E-state index in [0.29, 0.717) is 0 Å². The molecule has 0 amide bonds. The summed E-state index contributed by atoms with van der Waals surface area (Å²) < 4.78 is 1.66. The minimum absolute atomic E-state index is 0.754. The summed E-state index contributed by atoms with van der Waals surface area (Å²) in [5, 5.41) is 0. The molecule has 0 radical (unpaired) electrons. The van der Waals surface area contributed by atoms with Crippen LogP contribution in [0.5, 0.6) is 0 Å². The summed E-state index contributed by atoms with van der Waals surface area (Å²) in [6, 6.07) is 0. The number of hydrogen-bond acceptors (Lipinski definition) is 0. The van der Waals surface area contributed by atoms with E-state index in [2.05, 4.69) is 43.3 Å². The summed E-state index contributed by atoms with van der Waals surface area (Å²) >= 11 is 4.72. The van der Waals surface area contributed by atoms with Gasteiger partial charge in [0.25, 0.3) is 0 Å². The molecule has 10 heavy (non-hydrogen) atoms. The first-order valence-corrected chi connectivity index (χ1v) is 7.94. The molecule has 0 atom stereocenters. The molecule has 0 aromatic heterocycles. The van der Waals surface area contributed by atoms with Crippen molar-refractivity contribution in [3.63, 3.8) is 0 Å². The van der Waals surface area contributed by atoms with Crippen LogP contribution >= 0.6 is 0 Å². The SMILES string of the molecule is CC(C)[Se]C(=[Se])[Se]C(C)C. The first-order chi connectivity index (χ1) is 4.52. The van der Waals surface area contributed by atoms with Gasteiger partial charge in [-0.1, -0.05) is 0 Å². The van der Waals surface area contributed by atoms with Crippen LogP contribution in [0.1, 0.15) is 27.7 Å². The van der Waals surface area contributed by atoms with Gasteiger partial charge >= 0.3 is 85.0 Å². The van der Waals surface area contributed by atoms with Crippen molar-refractivity contribution in [2.45, 2.75) is 37.3 Å². The fourth-order valence-electron chi connectivity index (χ4n) is 0.413. The van der Waals surface area contributed by atoms with Gasteiger partial charge in [-0.05, 0) is 0 Å². The van der Waals surface area contributed by atoms with E-state index in [0.717, 1.165) is 39.5 Å². The molecule has 0 saturated carbocycles. The molecule has 0 aliphatic carbocycles. The molecule has 0 fully saturated rings.